The maximum absolute atomic E-state index is 14.9. The van der Waals surface area contributed by atoms with Gasteiger partial charge in [-0.1, -0.05) is 0 Å². The van der Waals surface area contributed by atoms with Crippen LogP contribution in [0.2, 0.25) is 0 Å². The first-order valence-corrected chi connectivity index (χ1v) is 9.25. The Balaban J connectivity index is 1.99. The molecule has 14 heteroatoms. The summed E-state index contributed by atoms with van der Waals surface area (Å²) >= 11 is 0. The van der Waals surface area contributed by atoms with Crippen molar-refractivity contribution in [1.82, 2.24) is 10.2 Å². The molecule has 0 saturated carbocycles. The number of ether oxygens (including phenoxy) is 1. The topological polar surface area (TPSA) is 86.3 Å². The van der Waals surface area contributed by atoms with Gasteiger partial charge >= 0.3 is 19.8 Å². The lowest BCUT2D eigenvalue weighted by Gasteiger charge is -2.39. The van der Waals surface area contributed by atoms with Crippen molar-refractivity contribution in [2.75, 3.05) is 13.2 Å². The Bertz CT molecular complexity index is 707. The molecule has 3 rings (SSSR count). The lowest BCUT2D eigenvalue weighted by atomic mass is 9.95. The van der Waals surface area contributed by atoms with Crippen LogP contribution in [0.25, 0.3) is 0 Å². The van der Waals surface area contributed by atoms with Gasteiger partial charge in [0, 0.05) is 6.20 Å². The number of hydrogen-bond acceptors (Lipinski definition) is 6. The maximum atomic E-state index is 14.9. The van der Waals surface area contributed by atoms with Crippen LogP contribution >= 0.6 is 7.82 Å². The average molecular weight is 422 g/mol. The molecule has 0 aromatic rings. The molecule has 2 amide bonds. The molecule has 27 heavy (non-hydrogen) atoms. The zero-order chi connectivity index (χ0) is 20.2. The molecule has 0 aromatic carbocycles. The van der Waals surface area contributed by atoms with Crippen molar-refractivity contribution in [3.05, 3.63) is 12.0 Å². The average Bonchev–Trinajstić information content (AvgIpc) is 2.77. The van der Waals surface area contributed by atoms with Crippen LogP contribution in [0.5, 0.6) is 0 Å². The summed E-state index contributed by atoms with van der Waals surface area (Å²) in [5.41, 5.74) is -3.04. The first-order valence-electron chi connectivity index (χ1n) is 7.79. The van der Waals surface area contributed by atoms with Crippen molar-refractivity contribution in [2.24, 2.45) is 0 Å². The largest absolute Gasteiger partial charge is 0.475 e. The fourth-order valence-electron chi connectivity index (χ4n) is 2.88. The lowest BCUT2D eigenvalue weighted by molar-refractivity contribution is -0.209. The van der Waals surface area contributed by atoms with Crippen molar-refractivity contribution in [1.29, 1.82) is 0 Å². The molecule has 0 spiro atoms. The van der Waals surface area contributed by atoms with E-state index in [9.17, 15) is 31.3 Å². The zero-order valence-corrected chi connectivity index (χ0v) is 14.9. The van der Waals surface area contributed by atoms with Gasteiger partial charge in [0.15, 0.2) is 11.7 Å². The molecule has 2 fully saturated rings. The Kier molecular flexibility index (Phi) is 5.05. The summed E-state index contributed by atoms with van der Waals surface area (Å²) < 4.78 is 102. The highest BCUT2D eigenvalue weighted by molar-refractivity contribution is 7.48. The first kappa shape index (κ1) is 20.5. The summed E-state index contributed by atoms with van der Waals surface area (Å²) in [4.78, 5) is 11.9. The van der Waals surface area contributed by atoms with Crippen LogP contribution in [0, 0.1) is 0 Å². The minimum absolute atomic E-state index is 0.110. The van der Waals surface area contributed by atoms with Crippen molar-refractivity contribution >= 4 is 13.9 Å². The molecule has 8 nitrogen and oxygen atoms in total. The fourth-order valence-corrected chi connectivity index (χ4v) is 4.50. The number of phosphoric acid groups is 1. The number of rotatable bonds is 4. The Morgan fingerprint density at radius 1 is 1.41 bits per heavy atom. The van der Waals surface area contributed by atoms with Gasteiger partial charge in [-0.15, -0.1) is 0 Å². The number of phosphoric ester groups is 1. The Hall–Kier alpha value is -1.27. The standard InChI is InChI=1S/C13H16F5N2O6P/c1-6(2)25-27(22)23-5-12(9(15)16)8(26-27)13(17,18)10(24-12)20-4-7(14)3-19-11(20)21/h4,6,8-10H,3,5H2,1-2H3,(H,19,21)/t8-,10-,12-,27?/m1/s1. The minimum Gasteiger partial charge on any atom is -0.333 e. The summed E-state index contributed by atoms with van der Waals surface area (Å²) in [6.45, 7) is 1.01. The van der Waals surface area contributed by atoms with Crippen LogP contribution in [0.3, 0.4) is 0 Å². The highest BCUT2D eigenvalue weighted by Crippen LogP contribution is 2.63. The zero-order valence-electron chi connectivity index (χ0n) is 14.0. The molecule has 0 bridgehead atoms. The van der Waals surface area contributed by atoms with Gasteiger partial charge in [-0.25, -0.2) is 22.5 Å². The number of halogens is 5. The van der Waals surface area contributed by atoms with E-state index in [1.807, 2.05) is 5.32 Å². The molecule has 0 aliphatic carbocycles. The molecule has 1 N–H and O–H groups in total. The van der Waals surface area contributed by atoms with E-state index in [0.29, 0.717) is 6.20 Å². The van der Waals surface area contributed by atoms with Crippen molar-refractivity contribution < 1.29 is 49.6 Å². The van der Waals surface area contributed by atoms with Gasteiger partial charge in [0.2, 0.25) is 6.23 Å². The maximum Gasteiger partial charge on any atom is 0.475 e. The number of hydrogen-bond donors (Lipinski definition) is 1. The molecular formula is C13H16F5N2O6P. The summed E-state index contributed by atoms with van der Waals surface area (Å²) in [5.74, 6) is -5.29. The quantitative estimate of drug-likeness (QED) is 0.554. The van der Waals surface area contributed by atoms with Crippen LogP contribution in [0.4, 0.5) is 26.7 Å². The predicted octanol–water partition coefficient (Wildman–Crippen LogP) is 2.77. The molecule has 2 saturated heterocycles. The lowest BCUT2D eigenvalue weighted by Crippen LogP contribution is -2.58. The normalized spacial score (nSPS) is 38.8. The second-order valence-corrected chi connectivity index (χ2v) is 7.98. The molecule has 1 unspecified atom stereocenters. The minimum atomic E-state index is -4.60. The van der Waals surface area contributed by atoms with Gasteiger partial charge in [-0.3, -0.25) is 18.5 Å². The summed E-state index contributed by atoms with van der Waals surface area (Å²) in [6.07, 6.45) is -9.34. The predicted molar refractivity (Wildman–Crippen MR) is 77.6 cm³/mol. The van der Waals surface area contributed by atoms with Gasteiger partial charge in [0.1, 0.15) is 5.83 Å². The van der Waals surface area contributed by atoms with Crippen LogP contribution in [0.15, 0.2) is 12.0 Å². The highest BCUT2D eigenvalue weighted by atomic mass is 31.2. The number of nitrogens with one attached hydrogen (secondary N) is 1. The van der Waals surface area contributed by atoms with Crippen molar-refractivity contribution in [2.45, 2.75) is 50.2 Å². The van der Waals surface area contributed by atoms with Gasteiger partial charge in [0.25, 0.3) is 6.43 Å². The molecular weight excluding hydrogens is 406 g/mol. The molecule has 3 aliphatic rings. The van der Waals surface area contributed by atoms with Crippen molar-refractivity contribution in [3.63, 3.8) is 0 Å². The molecule has 3 aliphatic heterocycles. The van der Waals surface area contributed by atoms with E-state index in [1.165, 1.54) is 13.8 Å². The van der Waals surface area contributed by atoms with Gasteiger partial charge in [-0.2, -0.15) is 8.78 Å². The summed E-state index contributed by atoms with van der Waals surface area (Å²) in [5, 5.41) is 1.95. The van der Waals surface area contributed by atoms with Crippen LogP contribution < -0.4 is 5.32 Å². The van der Waals surface area contributed by atoms with E-state index in [0.717, 1.165) is 0 Å². The number of nitrogens with zero attached hydrogens (tertiary/aromatic N) is 1. The Morgan fingerprint density at radius 2 is 2.07 bits per heavy atom. The SMILES string of the molecule is CC(C)OP1(=O)OC[C@@]2(C(F)F)O[C@@H](N3C=C(F)CNC3=O)C(F)(F)[C@@H]2O1. The molecule has 4 atom stereocenters. The number of urea groups is 1. The smallest absolute Gasteiger partial charge is 0.333 e. The van der Waals surface area contributed by atoms with Gasteiger partial charge < -0.3 is 10.1 Å². The molecule has 0 aromatic heterocycles. The monoisotopic (exact) mass is 422 g/mol. The Morgan fingerprint density at radius 3 is 2.67 bits per heavy atom. The first-order chi connectivity index (χ1) is 12.4. The number of alkyl halides is 4. The number of carbonyl (C=O) groups excluding carboxylic acids is 1. The third-order valence-corrected chi connectivity index (χ3v) is 5.61. The van der Waals surface area contributed by atoms with Gasteiger partial charge in [0.05, 0.1) is 19.3 Å². The Labute approximate surface area is 150 Å². The van der Waals surface area contributed by atoms with E-state index in [1.54, 1.807) is 0 Å². The third kappa shape index (κ3) is 3.35. The highest BCUT2D eigenvalue weighted by Gasteiger charge is 2.76. The van der Waals surface area contributed by atoms with E-state index in [-0.39, 0.29) is 4.90 Å². The second-order valence-electron chi connectivity index (χ2n) is 6.40. The molecule has 0 radical (unpaired) electrons. The van der Waals surface area contributed by atoms with Crippen LogP contribution in [0.1, 0.15) is 13.8 Å². The van der Waals surface area contributed by atoms with E-state index >= 15 is 0 Å². The number of amides is 2. The van der Waals surface area contributed by atoms with Crippen LogP contribution in [-0.4, -0.2) is 60.5 Å². The van der Waals surface area contributed by atoms with Gasteiger partial charge in [-0.05, 0) is 13.8 Å². The van der Waals surface area contributed by atoms with E-state index in [2.05, 4.69) is 4.52 Å². The second kappa shape index (κ2) is 6.66. The van der Waals surface area contributed by atoms with Crippen LogP contribution in [-0.2, 0) is 22.9 Å². The third-order valence-electron chi connectivity index (χ3n) is 4.02. The molecule has 3 heterocycles. The van der Waals surface area contributed by atoms with E-state index < -0.39 is 69.2 Å². The van der Waals surface area contributed by atoms with E-state index in [4.69, 9.17) is 13.8 Å². The summed E-state index contributed by atoms with van der Waals surface area (Å²) in [6, 6.07) is -1.19. The number of carbonyl (C=O) groups is 1. The fraction of sp³-hybridized carbons (Fsp3) is 0.769. The summed E-state index contributed by atoms with van der Waals surface area (Å²) in [7, 11) is -4.60. The molecule has 154 valence electrons. The van der Waals surface area contributed by atoms with Crippen molar-refractivity contribution in [3.8, 4) is 0 Å². The number of fused-ring (bicyclic) bond motifs is 1.